The minimum absolute atomic E-state index is 0.0161. The number of anilines is 1. The second-order valence-electron chi connectivity index (χ2n) is 9.93. The number of aromatic carboxylic acids is 1. The highest BCUT2D eigenvalue weighted by Crippen LogP contribution is 2.54. The Balaban J connectivity index is 2.28. The lowest BCUT2D eigenvalue weighted by Gasteiger charge is -2.43. The fourth-order valence-corrected chi connectivity index (χ4v) is 4.56. The highest BCUT2D eigenvalue weighted by atomic mass is 16.6. The SMILES string of the molecule is CCCCONc1c(-c2ccc(C(=O)O)cc2)c(OCC)cc2c1C(C)(C)CCC2(C)C. The van der Waals surface area contributed by atoms with Gasteiger partial charge in [0.05, 0.1) is 24.5 Å². The van der Waals surface area contributed by atoms with Crippen LogP contribution in [-0.4, -0.2) is 24.3 Å². The van der Waals surface area contributed by atoms with Crippen molar-refractivity contribution in [1.82, 2.24) is 0 Å². The van der Waals surface area contributed by atoms with Gasteiger partial charge in [0, 0.05) is 5.56 Å². The van der Waals surface area contributed by atoms with Crippen LogP contribution < -0.4 is 10.2 Å². The number of carboxylic acids is 1. The maximum atomic E-state index is 11.4. The highest BCUT2D eigenvalue weighted by Gasteiger charge is 2.41. The molecular weight excluding hydrogens is 402 g/mol. The molecule has 0 spiro atoms. The largest absolute Gasteiger partial charge is 0.493 e. The Bertz CT molecular complexity index is 961. The van der Waals surface area contributed by atoms with E-state index in [2.05, 4.69) is 46.2 Å². The molecule has 0 radical (unpaired) electrons. The van der Waals surface area contributed by atoms with E-state index in [1.54, 1.807) is 12.1 Å². The lowest BCUT2D eigenvalue weighted by atomic mass is 9.62. The molecule has 3 rings (SSSR count). The molecule has 0 saturated carbocycles. The van der Waals surface area contributed by atoms with E-state index in [9.17, 15) is 9.90 Å². The molecule has 5 heteroatoms. The Labute approximate surface area is 192 Å². The number of fused-ring (bicyclic) bond motifs is 1. The third-order valence-corrected chi connectivity index (χ3v) is 6.57. The van der Waals surface area contributed by atoms with Gasteiger partial charge in [-0.25, -0.2) is 4.79 Å². The van der Waals surface area contributed by atoms with E-state index in [-0.39, 0.29) is 16.4 Å². The third-order valence-electron chi connectivity index (χ3n) is 6.57. The van der Waals surface area contributed by atoms with Gasteiger partial charge in [0.25, 0.3) is 0 Å². The molecule has 5 nitrogen and oxygen atoms in total. The Morgan fingerprint density at radius 3 is 2.31 bits per heavy atom. The molecular formula is C27H37NO4. The lowest BCUT2D eigenvalue weighted by Crippen LogP contribution is -2.35. The van der Waals surface area contributed by atoms with E-state index in [1.165, 1.54) is 11.1 Å². The van der Waals surface area contributed by atoms with Gasteiger partial charge in [0.1, 0.15) is 5.75 Å². The quantitative estimate of drug-likeness (QED) is 0.327. The van der Waals surface area contributed by atoms with Crippen LogP contribution in [0.5, 0.6) is 5.75 Å². The summed E-state index contributed by atoms with van der Waals surface area (Å²) in [6.07, 6.45) is 4.20. The van der Waals surface area contributed by atoms with Gasteiger partial charge in [0.2, 0.25) is 0 Å². The first-order valence-electron chi connectivity index (χ1n) is 11.7. The standard InChI is InChI=1S/C27H37NO4/c1-7-9-16-32-28-24-22(18-10-12-19(13-11-18)25(29)30)21(31-8-2)17-20-23(24)27(5,6)15-14-26(20,3)4/h10-13,17,28H,7-9,14-16H2,1-6H3,(H,29,30). The van der Waals surface area contributed by atoms with Gasteiger partial charge in [-0.05, 0) is 71.9 Å². The Morgan fingerprint density at radius 2 is 1.72 bits per heavy atom. The lowest BCUT2D eigenvalue weighted by molar-refractivity contribution is 0.0697. The Kier molecular flexibility index (Phi) is 7.19. The first-order valence-corrected chi connectivity index (χ1v) is 11.7. The minimum Gasteiger partial charge on any atom is -0.493 e. The van der Waals surface area contributed by atoms with Crippen LogP contribution in [0.3, 0.4) is 0 Å². The monoisotopic (exact) mass is 439 g/mol. The summed E-state index contributed by atoms with van der Waals surface area (Å²) in [4.78, 5) is 17.3. The molecule has 0 fully saturated rings. The van der Waals surface area contributed by atoms with Crippen LogP contribution in [0, 0.1) is 0 Å². The normalized spacial score (nSPS) is 16.3. The van der Waals surface area contributed by atoms with Crippen molar-refractivity contribution < 1.29 is 19.5 Å². The predicted molar refractivity (Wildman–Crippen MR) is 130 cm³/mol. The van der Waals surface area contributed by atoms with Crippen molar-refractivity contribution in [1.29, 1.82) is 0 Å². The van der Waals surface area contributed by atoms with E-state index >= 15 is 0 Å². The van der Waals surface area contributed by atoms with Gasteiger partial charge in [-0.2, -0.15) is 0 Å². The zero-order valence-corrected chi connectivity index (χ0v) is 20.3. The molecule has 1 aliphatic rings. The first-order chi connectivity index (χ1) is 15.1. The summed E-state index contributed by atoms with van der Waals surface area (Å²) in [5, 5.41) is 9.33. The summed E-state index contributed by atoms with van der Waals surface area (Å²) in [6, 6.07) is 9.18. The molecule has 32 heavy (non-hydrogen) atoms. The van der Waals surface area contributed by atoms with Crippen LogP contribution in [0.4, 0.5) is 5.69 Å². The van der Waals surface area contributed by atoms with Gasteiger partial charge in [-0.1, -0.05) is 53.2 Å². The zero-order chi connectivity index (χ0) is 23.5. The van der Waals surface area contributed by atoms with Crippen LogP contribution in [-0.2, 0) is 15.7 Å². The fraction of sp³-hybridized carbons (Fsp3) is 0.519. The van der Waals surface area contributed by atoms with Crippen LogP contribution in [0.1, 0.15) is 88.7 Å². The number of hydrogen-bond donors (Lipinski definition) is 2. The number of rotatable bonds is 9. The average molecular weight is 440 g/mol. The van der Waals surface area contributed by atoms with Crippen molar-refractivity contribution in [3.8, 4) is 16.9 Å². The summed E-state index contributed by atoms with van der Waals surface area (Å²) in [5.74, 6) is -0.141. The van der Waals surface area contributed by atoms with Gasteiger partial charge in [-0.3, -0.25) is 10.3 Å². The number of nitrogens with one attached hydrogen (secondary N) is 1. The van der Waals surface area contributed by atoms with Crippen molar-refractivity contribution in [2.45, 2.75) is 78.1 Å². The molecule has 0 saturated heterocycles. The van der Waals surface area contributed by atoms with Gasteiger partial charge in [-0.15, -0.1) is 0 Å². The third kappa shape index (κ3) is 4.78. The summed E-state index contributed by atoms with van der Waals surface area (Å²) >= 11 is 0. The molecule has 2 aromatic rings. The number of unbranched alkanes of at least 4 members (excludes halogenated alkanes) is 1. The highest BCUT2D eigenvalue weighted by molar-refractivity contribution is 5.91. The van der Waals surface area contributed by atoms with E-state index < -0.39 is 5.97 Å². The van der Waals surface area contributed by atoms with Crippen LogP contribution in [0.25, 0.3) is 11.1 Å². The molecule has 0 unspecified atom stereocenters. The van der Waals surface area contributed by atoms with Gasteiger partial charge >= 0.3 is 5.97 Å². The number of carbonyl (C=O) groups is 1. The second-order valence-corrected chi connectivity index (χ2v) is 9.93. The van der Waals surface area contributed by atoms with Crippen molar-refractivity contribution in [2.75, 3.05) is 18.7 Å². The molecule has 0 heterocycles. The first kappa shape index (κ1) is 24.1. The molecule has 2 N–H and O–H groups in total. The molecule has 0 aromatic heterocycles. The van der Waals surface area contributed by atoms with E-state index in [4.69, 9.17) is 9.57 Å². The summed E-state index contributed by atoms with van der Waals surface area (Å²) < 4.78 is 6.15. The van der Waals surface area contributed by atoms with Crippen molar-refractivity contribution in [2.24, 2.45) is 0 Å². The van der Waals surface area contributed by atoms with Crippen LogP contribution in [0.2, 0.25) is 0 Å². The molecule has 0 amide bonds. The Hall–Kier alpha value is -2.53. The maximum absolute atomic E-state index is 11.4. The van der Waals surface area contributed by atoms with Crippen molar-refractivity contribution in [3.63, 3.8) is 0 Å². The number of hydrogen-bond acceptors (Lipinski definition) is 4. The zero-order valence-electron chi connectivity index (χ0n) is 20.3. The summed E-state index contributed by atoms with van der Waals surface area (Å²) in [7, 11) is 0. The van der Waals surface area contributed by atoms with Gasteiger partial charge in [0.15, 0.2) is 0 Å². The summed E-state index contributed by atoms with van der Waals surface area (Å²) in [6.45, 7) is 14.4. The molecule has 0 bridgehead atoms. The summed E-state index contributed by atoms with van der Waals surface area (Å²) in [5.41, 5.74) is 8.84. The van der Waals surface area contributed by atoms with E-state index in [0.717, 1.165) is 48.2 Å². The topological polar surface area (TPSA) is 67.8 Å². The number of ether oxygens (including phenoxy) is 1. The minimum atomic E-state index is -0.934. The molecule has 174 valence electrons. The average Bonchev–Trinajstić information content (AvgIpc) is 2.74. The maximum Gasteiger partial charge on any atom is 0.335 e. The molecule has 1 aliphatic carbocycles. The second kappa shape index (κ2) is 9.53. The smallest absolute Gasteiger partial charge is 0.335 e. The fourth-order valence-electron chi connectivity index (χ4n) is 4.56. The molecule has 0 aliphatic heterocycles. The van der Waals surface area contributed by atoms with E-state index in [1.807, 2.05) is 19.1 Å². The van der Waals surface area contributed by atoms with Crippen LogP contribution in [0.15, 0.2) is 30.3 Å². The van der Waals surface area contributed by atoms with Crippen molar-refractivity contribution in [3.05, 3.63) is 47.0 Å². The molecule has 2 aromatic carbocycles. The van der Waals surface area contributed by atoms with Crippen LogP contribution >= 0.6 is 0 Å². The van der Waals surface area contributed by atoms with Crippen molar-refractivity contribution >= 4 is 11.7 Å². The molecule has 0 atom stereocenters. The number of carboxylic acid groups (broad SMARTS) is 1. The predicted octanol–water partition coefficient (Wildman–Crippen LogP) is 6.94. The number of benzene rings is 2. The Morgan fingerprint density at radius 1 is 1.06 bits per heavy atom. The van der Waals surface area contributed by atoms with Gasteiger partial charge < -0.3 is 9.84 Å². The van der Waals surface area contributed by atoms with E-state index in [0.29, 0.717) is 13.2 Å².